The van der Waals surface area contributed by atoms with Crippen LogP contribution in [0.5, 0.6) is 0 Å². The molecule has 1 N–H and O–H groups in total. The van der Waals surface area contributed by atoms with E-state index in [2.05, 4.69) is 5.32 Å². The Kier molecular flexibility index (Phi) is 5.96. The van der Waals surface area contributed by atoms with Crippen LogP contribution in [0.25, 0.3) is 22.5 Å². The second-order valence-electron chi connectivity index (χ2n) is 7.81. The number of rotatable bonds is 5. The number of carbonyl (C=O) groups excluding carboxylic acids is 2. The molecule has 0 spiro atoms. The van der Waals surface area contributed by atoms with Crippen LogP contribution in [0.1, 0.15) is 41.5 Å². The van der Waals surface area contributed by atoms with Crippen molar-refractivity contribution >= 4 is 17.8 Å². The number of hydrogen-bond donors (Lipinski definition) is 1. The van der Waals surface area contributed by atoms with Gasteiger partial charge in [0.05, 0.1) is 14.2 Å². The van der Waals surface area contributed by atoms with Crippen molar-refractivity contribution in [3.8, 4) is 22.5 Å². The summed E-state index contributed by atoms with van der Waals surface area (Å²) >= 11 is 0. The molecule has 0 amide bonds. The number of furan rings is 1. The zero-order valence-electron chi connectivity index (χ0n) is 17.7. The molecular weight excluding hydrogens is 382 g/mol. The second kappa shape index (κ2) is 8.45. The lowest BCUT2D eigenvalue weighted by Crippen LogP contribution is -2.27. The summed E-state index contributed by atoms with van der Waals surface area (Å²) in [4.78, 5) is 25.1. The van der Waals surface area contributed by atoms with Crippen LogP contribution >= 0.6 is 0 Å². The average Bonchev–Trinajstić information content (AvgIpc) is 3.10. The largest absolute Gasteiger partial charge is 0.465 e. The van der Waals surface area contributed by atoms with Crippen LogP contribution in [0.4, 0.5) is 5.88 Å². The molecule has 0 aliphatic carbocycles. The lowest BCUT2D eigenvalue weighted by atomic mass is 10.0. The average molecular weight is 407 g/mol. The molecule has 0 aliphatic heterocycles. The Labute approximate surface area is 175 Å². The highest BCUT2D eigenvalue weighted by Crippen LogP contribution is 2.37. The Bertz CT molecular complexity index is 1040. The minimum Gasteiger partial charge on any atom is -0.465 e. The molecule has 0 saturated carbocycles. The molecule has 0 unspecified atom stereocenters. The SMILES string of the molecule is COC(=O)c1c(NC(C)(C)C)oc(-c2ccc(-c3ccccc3)cc2)c1C(=O)OC. The normalized spacial score (nSPS) is 11.1. The fourth-order valence-corrected chi connectivity index (χ4v) is 3.10. The van der Waals surface area contributed by atoms with Crippen LogP contribution in [0.15, 0.2) is 59.0 Å². The van der Waals surface area contributed by atoms with E-state index in [1.807, 2.05) is 75.4 Å². The predicted octanol–water partition coefficient (Wildman–Crippen LogP) is 5.40. The van der Waals surface area contributed by atoms with E-state index in [0.29, 0.717) is 5.56 Å². The minimum absolute atomic E-state index is 0.0152. The molecule has 3 rings (SSSR count). The first kappa shape index (κ1) is 21.2. The minimum atomic E-state index is -0.682. The summed E-state index contributed by atoms with van der Waals surface area (Å²) in [5.74, 6) is -0.952. The predicted molar refractivity (Wildman–Crippen MR) is 116 cm³/mol. The van der Waals surface area contributed by atoms with Gasteiger partial charge in [0, 0.05) is 11.1 Å². The maximum Gasteiger partial charge on any atom is 0.344 e. The van der Waals surface area contributed by atoms with Gasteiger partial charge in [-0.1, -0.05) is 54.6 Å². The van der Waals surface area contributed by atoms with Crippen LogP contribution in [0.3, 0.4) is 0 Å². The molecule has 0 saturated heterocycles. The van der Waals surface area contributed by atoms with Gasteiger partial charge in [-0.15, -0.1) is 0 Å². The van der Waals surface area contributed by atoms with E-state index in [0.717, 1.165) is 11.1 Å². The number of carbonyl (C=O) groups is 2. The van der Waals surface area contributed by atoms with E-state index >= 15 is 0 Å². The van der Waals surface area contributed by atoms with Crippen molar-refractivity contribution < 1.29 is 23.5 Å². The Morgan fingerprint density at radius 3 is 1.80 bits per heavy atom. The van der Waals surface area contributed by atoms with E-state index in [1.54, 1.807) is 0 Å². The monoisotopic (exact) mass is 407 g/mol. The van der Waals surface area contributed by atoms with Crippen molar-refractivity contribution in [2.24, 2.45) is 0 Å². The molecule has 1 heterocycles. The van der Waals surface area contributed by atoms with E-state index in [9.17, 15) is 9.59 Å². The fourth-order valence-electron chi connectivity index (χ4n) is 3.10. The van der Waals surface area contributed by atoms with E-state index in [4.69, 9.17) is 13.9 Å². The molecule has 156 valence electrons. The van der Waals surface area contributed by atoms with Crippen LogP contribution in [0, 0.1) is 0 Å². The van der Waals surface area contributed by atoms with Crippen molar-refractivity contribution in [3.63, 3.8) is 0 Å². The molecule has 0 aliphatic rings. The number of nitrogens with one attached hydrogen (secondary N) is 1. The zero-order valence-corrected chi connectivity index (χ0v) is 17.7. The molecule has 6 nitrogen and oxygen atoms in total. The van der Waals surface area contributed by atoms with Crippen LogP contribution in [-0.4, -0.2) is 31.7 Å². The summed E-state index contributed by atoms with van der Waals surface area (Å²) < 4.78 is 15.8. The number of ether oxygens (including phenoxy) is 2. The van der Waals surface area contributed by atoms with E-state index in [1.165, 1.54) is 14.2 Å². The van der Waals surface area contributed by atoms with Crippen molar-refractivity contribution in [2.45, 2.75) is 26.3 Å². The number of methoxy groups -OCH3 is 2. The van der Waals surface area contributed by atoms with Crippen LogP contribution in [-0.2, 0) is 9.47 Å². The van der Waals surface area contributed by atoms with Gasteiger partial charge in [0.1, 0.15) is 11.1 Å². The Morgan fingerprint density at radius 2 is 1.27 bits per heavy atom. The topological polar surface area (TPSA) is 77.8 Å². The van der Waals surface area contributed by atoms with Gasteiger partial charge in [0.25, 0.3) is 0 Å². The summed E-state index contributed by atoms with van der Waals surface area (Å²) in [6.07, 6.45) is 0. The highest BCUT2D eigenvalue weighted by Gasteiger charge is 2.33. The zero-order chi connectivity index (χ0) is 21.9. The van der Waals surface area contributed by atoms with Gasteiger partial charge in [0.2, 0.25) is 5.88 Å². The molecular formula is C24H25NO5. The van der Waals surface area contributed by atoms with Gasteiger partial charge in [-0.3, -0.25) is 0 Å². The maximum atomic E-state index is 12.6. The highest BCUT2D eigenvalue weighted by molar-refractivity contribution is 6.10. The maximum absolute atomic E-state index is 12.6. The lowest BCUT2D eigenvalue weighted by molar-refractivity contribution is 0.0558. The van der Waals surface area contributed by atoms with Crippen molar-refractivity contribution in [2.75, 3.05) is 19.5 Å². The Morgan fingerprint density at radius 1 is 0.767 bits per heavy atom. The Hall–Kier alpha value is -3.54. The first-order valence-corrected chi connectivity index (χ1v) is 9.52. The summed E-state index contributed by atoms with van der Waals surface area (Å²) in [5.41, 5.74) is 2.36. The van der Waals surface area contributed by atoms with E-state index < -0.39 is 17.5 Å². The molecule has 6 heteroatoms. The summed E-state index contributed by atoms with van der Waals surface area (Å²) in [7, 11) is 2.52. The molecule has 30 heavy (non-hydrogen) atoms. The van der Waals surface area contributed by atoms with Crippen molar-refractivity contribution in [1.82, 2.24) is 0 Å². The molecule has 1 aromatic heterocycles. The Balaban J connectivity index is 2.15. The lowest BCUT2D eigenvalue weighted by Gasteiger charge is -2.20. The van der Waals surface area contributed by atoms with Crippen molar-refractivity contribution in [3.05, 3.63) is 65.7 Å². The first-order chi connectivity index (χ1) is 14.2. The van der Waals surface area contributed by atoms with Gasteiger partial charge < -0.3 is 19.2 Å². The second-order valence-corrected chi connectivity index (χ2v) is 7.81. The number of benzene rings is 2. The molecule has 0 radical (unpaired) electrons. The van der Waals surface area contributed by atoms with Crippen LogP contribution < -0.4 is 5.32 Å². The number of anilines is 1. The third kappa shape index (κ3) is 4.38. The summed E-state index contributed by atoms with van der Waals surface area (Å²) in [6.45, 7) is 5.76. The van der Waals surface area contributed by atoms with Gasteiger partial charge >= 0.3 is 11.9 Å². The number of esters is 2. The van der Waals surface area contributed by atoms with Gasteiger partial charge in [-0.05, 0) is 31.9 Å². The molecule has 2 aromatic carbocycles. The third-order valence-corrected chi connectivity index (χ3v) is 4.43. The summed E-state index contributed by atoms with van der Waals surface area (Å²) in [5, 5.41) is 3.14. The summed E-state index contributed by atoms with van der Waals surface area (Å²) in [6, 6.07) is 17.5. The molecule has 0 bridgehead atoms. The first-order valence-electron chi connectivity index (χ1n) is 9.52. The molecule has 0 fully saturated rings. The molecule has 0 atom stereocenters. The van der Waals surface area contributed by atoms with Crippen molar-refractivity contribution in [1.29, 1.82) is 0 Å². The standard InChI is InChI=1S/C24H25NO5/c1-24(2,3)25-21-19(23(27)29-5)18(22(26)28-4)20(30-21)17-13-11-16(12-14-17)15-9-7-6-8-10-15/h6-14,25H,1-5H3. The number of hydrogen-bond acceptors (Lipinski definition) is 6. The third-order valence-electron chi connectivity index (χ3n) is 4.43. The van der Waals surface area contributed by atoms with Gasteiger partial charge in [-0.25, -0.2) is 9.59 Å². The van der Waals surface area contributed by atoms with E-state index in [-0.39, 0.29) is 22.8 Å². The van der Waals surface area contributed by atoms with Crippen LogP contribution in [0.2, 0.25) is 0 Å². The fraction of sp³-hybridized carbons (Fsp3) is 0.250. The van der Waals surface area contributed by atoms with Gasteiger partial charge in [-0.2, -0.15) is 0 Å². The smallest absolute Gasteiger partial charge is 0.344 e. The molecule has 3 aromatic rings. The highest BCUT2D eigenvalue weighted by atomic mass is 16.5. The quantitative estimate of drug-likeness (QED) is 0.571. The van der Waals surface area contributed by atoms with Gasteiger partial charge in [0.15, 0.2) is 5.76 Å².